The summed E-state index contributed by atoms with van der Waals surface area (Å²) in [6, 6.07) is 22.6. The number of hydrogen-bond donors (Lipinski definition) is 2. The first-order valence-electron chi connectivity index (χ1n) is 9.58. The van der Waals surface area contributed by atoms with Crippen LogP contribution in [0.2, 0.25) is 0 Å². The van der Waals surface area contributed by atoms with Gasteiger partial charge in [-0.1, -0.05) is 54.6 Å². The Kier molecular flexibility index (Phi) is 3.17. The van der Waals surface area contributed by atoms with Gasteiger partial charge in [-0.25, -0.2) is 9.59 Å². The van der Waals surface area contributed by atoms with E-state index in [9.17, 15) is 19.8 Å². The molecule has 0 saturated heterocycles. The van der Waals surface area contributed by atoms with Crippen LogP contribution in [0, 0.1) is 0 Å². The Morgan fingerprint density at radius 2 is 1.13 bits per heavy atom. The second kappa shape index (κ2) is 5.67. The Labute approximate surface area is 169 Å². The predicted molar refractivity (Wildman–Crippen MR) is 119 cm³/mol. The van der Waals surface area contributed by atoms with Crippen LogP contribution in [-0.4, -0.2) is 22.2 Å². The van der Waals surface area contributed by atoms with Gasteiger partial charge in [-0.2, -0.15) is 0 Å². The number of hydrogen-bond acceptors (Lipinski definition) is 2. The summed E-state index contributed by atoms with van der Waals surface area (Å²) in [5, 5.41) is 28.3. The molecule has 0 heterocycles. The minimum Gasteiger partial charge on any atom is -0.478 e. The lowest BCUT2D eigenvalue weighted by molar-refractivity contribution is 0.0689. The van der Waals surface area contributed by atoms with Gasteiger partial charge in [0.2, 0.25) is 0 Å². The van der Waals surface area contributed by atoms with Crippen LogP contribution in [0.25, 0.3) is 53.9 Å². The van der Waals surface area contributed by atoms with Crippen LogP contribution in [0.5, 0.6) is 0 Å². The monoisotopic (exact) mass is 390 g/mol. The van der Waals surface area contributed by atoms with Crippen molar-refractivity contribution in [1.29, 1.82) is 0 Å². The first-order valence-corrected chi connectivity index (χ1v) is 9.58. The molecule has 0 aliphatic heterocycles. The molecule has 6 aromatic rings. The van der Waals surface area contributed by atoms with Gasteiger partial charge >= 0.3 is 11.9 Å². The molecule has 6 aromatic carbocycles. The lowest BCUT2D eigenvalue weighted by atomic mass is 9.84. The molecule has 30 heavy (non-hydrogen) atoms. The largest absolute Gasteiger partial charge is 0.478 e. The summed E-state index contributed by atoms with van der Waals surface area (Å²) in [5.41, 5.74) is 0.348. The molecule has 2 N–H and O–H groups in total. The first kappa shape index (κ1) is 16.7. The molecule has 0 bridgehead atoms. The zero-order valence-electron chi connectivity index (χ0n) is 15.6. The molecule has 0 fully saturated rings. The molecule has 4 nitrogen and oxygen atoms in total. The van der Waals surface area contributed by atoms with Crippen molar-refractivity contribution in [3.05, 3.63) is 83.9 Å². The smallest absolute Gasteiger partial charge is 0.336 e. The highest BCUT2D eigenvalue weighted by molar-refractivity contribution is 6.40. The molecule has 142 valence electrons. The first-order chi connectivity index (χ1) is 14.6. The minimum atomic E-state index is -1.03. The zero-order valence-corrected chi connectivity index (χ0v) is 15.6. The third-order valence-electron chi connectivity index (χ3n) is 6.07. The average Bonchev–Trinajstić information content (AvgIpc) is 2.75. The maximum atomic E-state index is 12.2. The van der Waals surface area contributed by atoms with Crippen molar-refractivity contribution in [2.45, 2.75) is 0 Å². The van der Waals surface area contributed by atoms with Gasteiger partial charge in [-0.05, 0) is 66.7 Å². The molecule has 0 unspecified atom stereocenters. The number of aromatic carboxylic acids is 2. The predicted octanol–water partition coefficient (Wildman–Crippen LogP) is 6.29. The fourth-order valence-corrected chi connectivity index (χ4v) is 4.90. The Bertz CT molecular complexity index is 1690. The number of carboxylic acids is 2. The van der Waals surface area contributed by atoms with E-state index in [1.165, 1.54) is 6.07 Å². The lowest BCUT2D eigenvalue weighted by Gasteiger charge is -2.18. The van der Waals surface area contributed by atoms with Crippen molar-refractivity contribution in [1.82, 2.24) is 0 Å². The summed E-state index contributed by atoms with van der Waals surface area (Å²) >= 11 is 0. The number of fused-ring (bicyclic) bond motifs is 4. The third kappa shape index (κ3) is 2.00. The van der Waals surface area contributed by atoms with Gasteiger partial charge in [-0.3, -0.25) is 0 Å². The van der Waals surface area contributed by atoms with E-state index in [2.05, 4.69) is 6.07 Å². The highest BCUT2D eigenvalue weighted by atomic mass is 16.4. The molecule has 0 amide bonds. The van der Waals surface area contributed by atoms with Gasteiger partial charge in [0.1, 0.15) is 0 Å². The van der Waals surface area contributed by atoms with E-state index in [0.29, 0.717) is 16.2 Å². The van der Waals surface area contributed by atoms with Gasteiger partial charge in [0.25, 0.3) is 0 Å². The van der Waals surface area contributed by atoms with E-state index in [0.717, 1.165) is 37.7 Å². The van der Waals surface area contributed by atoms with E-state index in [4.69, 9.17) is 0 Å². The van der Waals surface area contributed by atoms with Crippen molar-refractivity contribution in [3.8, 4) is 0 Å². The molecule has 0 aliphatic rings. The molecular formula is C26H14O4. The van der Waals surface area contributed by atoms with E-state index >= 15 is 0 Å². The van der Waals surface area contributed by atoms with E-state index in [1.807, 2.05) is 42.5 Å². The summed E-state index contributed by atoms with van der Waals surface area (Å²) in [4.78, 5) is 24.1. The van der Waals surface area contributed by atoms with E-state index in [-0.39, 0.29) is 11.1 Å². The van der Waals surface area contributed by atoms with Crippen LogP contribution in [0.15, 0.2) is 72.8 Å². The van der Waals surface area contributed by atoms with Crippen LogP contribution in [-0.2, 0) is 0 Å². The fourth-order valence-electron chi connectivity index (χ4n) is 4.90. The highest BCUT2D eigenvalue weighted by Gasteiger charge is 2.22. The minimum absolute atomic E-state index is 0.169. The van der Waals surface area contributed by atoms with Crippen molar-refractivity contribution >= 4 is 65.8 Å². The van der Waals surface area contributed by atoms with Gasteiger partial charge in [0.15, 0.2) is 0 Å². The molecular weight excluding hydrogens is 376 g/mol. The summed E-state index contributed by atoms with van der Waals surface area (Å²) in [6.07, 6.45) is 0. The Balaban J connectivity index is 2.10. The molecule has 6 rings (SSSR count). The van der Waals surface area contributed by atoms with Crippen LogP contribution >= 0.6 is 0 Å². The lowest BCUT2D eigenvalue weighted by Crippen LogP contribution is -2.03. The van der Waals surface area contributed by atoms with Crippen molar-refractivity contribution in [2.24, 2.45) is 0 Å². The van der Waals surface area contributed by atoms with Crippen LogP contribution in [0.3, 0.4) is 0 Å². The van der Waals surface area contributed by atoms with Gasteiger partial charge in [0, 0.05) is 5.39 Å². The molecule has 0 atom stereocenters. The van der Waals surface area contributed by atoms with E-state index < -0.39 is 11.9 Å². The standard InChI is InChI=1S/C26H14O4/c27-25(28)19-10-8-17-16-7-3-5-14-12-13-4-1-2-6-15(13)23(21(14)16)24-20(26(29)30)11-9-18(19)22(17)24/h1-12H,(H,27,28)(H,29,30). The Hall–Kier alpha value is -4.18. The molecule has 0 spiro atoms. The Morgan fingerprint density at radius 1 is 0.500 bits per heavy atom. The summed E-state index contributed by atoms with van der Waals surface area (Å²) < 4.78 is 0. The molecule has 0 saturated carbocycles. The summed E-state index contributed by atoms with van der Waals surface area (Å²) in [6.45, 7) is 0. The molecule has 0 aliphatic carbocycles. The zero-order chi connectivity index (χ0) is 20.6. The molecule has 0 radical (unpaired) electrons. The topological polar surface area (TPSA) is 74.6 Å². The van der Waals surface area contributed by atoms with E-state index in [1.54, 1.807) is 18.2 Å². The van der Waals surface area contributed by atoms with Gasteiger partial charge < -0.3 is 10.2 Å². The van der Waals surface area contributed by atoms with Crippen molar-refractivity contribution < 1.29 is 19.8 Å². The SMILES string of the molecule is O=C(O)c1ccc2c3cccc4cc5ccccc5c(c5c(C(=O)O)ccc1c25)c43. The van der Waals surface area contributed by atoms with Gasteiger partial charge in [-0.15, -0.1) is 0 Å². The van der Waals surface area contributed by atoms with Crippen molar-refractivity contribution in [3.63, 3.8) is 0 Å². The van der Waals surface area contributed by atoms with Crippen LogP contribution in [0.1, 0.15) is 20.7 Å². The number of carbonyl (C=O) groups is 2. The molecule has 4 heteroatoms. The summed E-state index contributed by atoms with van der Waals surface area (Å²) in [5.74, 6) is -2.06. The maximum absolute atomic E-state index is 12.2. The maximum Gasteiger partial charge on any atom is 0.336 e. The quantitative estimate of drug-likeness (QED) is 0.269. The second-order valence-corrected chi connectivity index (χ2v) is 7.56. The van der Waals surface area contributed by atoms with Crippen LogP contribution in [0.4, 0.5) is 0 Å². The third-order valence-corrected chi connectivity index (χ3v) is 6.07. The van der Waals surface area contributed by atoms with Gasteiger partial charge in [0.05, 0.1) is 11.1 Å². The van der Waals surface area contributed by atoms with Crippen LogP contribution < -0.4 is 0 Å². The number of benzene rings is 6. The second-order valence-electron chi connectivity index (χ2n) is 7.56. The number of rotatable bonds is 2. The average molecular weight is 390 g/mol. The molecule has 0 aromatic heterocycles. The van der Waals surface area contributed by atoms with Crippen molar-refractivity contribution in [2.75, 3.05) is 0 Å². The highest BCUT2D eigenvalue weighted by Crippen LogP contribution is 2.45. The fraction of sp³-hybridized carbons (Fsp3) is 0. The summed E-state index contributed by atoms with van der Waals surface area (Å²) in [7, 11) is 0. The number of carboxylic acid groups (broad SMARTS) is 2. The Morgan fingerprint density at radius 3 is 1.93 bits per heavy atom. The normalized spacial score (nSPS) is 11.9.